The summed E-state index contributed by atoms with van der Waals surface area (Å²) in [5, 5.41) is 11.6. The van der Waals surface area contributed by atoms with Crippen molar-refractivity contribution in [3.63, 3.8) is 0 Å². The molecule has 0 aromatic carbocycles. The van der Waals surface area contributed by atoms with Gasteiger partial charge in [0, 0.05) is 38.8 Å². The summed E-state index contributed by atoms with van der Waals surface area (Å²) in [5.74, 6) is -0.770. The number of carboxylic acids is 1. The van der Waals surface area contributed by atoms with Gasteiger partial charge in [-0.3, -0.25) is 9.69 Å². The summed E-state index contributed by atoms with van der Waals surface area (Å²) in [6.45, 7) is 7.53. The lowest BCUT2D eigenvalue weighted by Crippen LogP contribution is -2.53. The van der Waals surface area contributed by atoms with E-state index >= 15 is 0 Å². The maximum Gasteiger partial charge on any atom is 0.317 e. The van der Waals surface area contributed by atoms with Gasteiger partial charge in [0.25, 0.3) is 0 Å². The number of nitrogens with one attached hydrogen (secondary N) is 1. The SMILES string of the molecule is CCCC(C)NC(=O)N1CCN(CCC(=O)O)CC1. The predicted octanol–water partition coefficient (Wildman–Crippen LogP) is 0.977. The molecule has 1 rings (SSSR count). The lowest BCUT2D eigenvalue weighted by molar-refractivity contribution is -0.137. The fourth-order valence-corrected chi connectivity index (χ4v) is 2.24. The highest BCUT2D eigenvalue weighted by molar-refractivity contribution is 5.74. The Hall–Kier alpha value is -1.30. The van der Waals surface area contributed by atoms with Crippen LogP contribution in [0.2, 0.25) is 0 Å². The highest BCUT2D eigenvalue weighted by atomic mass is 16.4. The zero-order valence-corrected chi connectivity index (χ0v) is 11.9. The van der Waals surface area contributed by atoms with Crippen molar-refractivity contribution in [3.8, 4) is 0 Å². The van der Waals surface area contributed by atoms with Crippen LogP contribution < -0.4 is 5.32 Å². The number of urea groups is 1. The van der Waals surface area contributed by atoms with Gasteiger partial charge in [0.05, 0.1) is 6.42 Å². The molecule has 2 N–H and O–H groups in total. The van der Waals surface area contributed by atoms with Crippen molar-refractivity contribution in [2.45, 2.75) is 39.2 Å². The third-order valence-corrected chi connectivity index (χ3v) is 3.39. The molecule has 0 spiro atoms. The van der Waals surface area contributed by atoms with Crippen molar-refractivity contribution in [2.24, 2.45) is 0 Å². The second-order valence-corrected chi connectivity index (χ2v) is 5.11. The Bertz CT molecular complexity index is 302. The van der Waals surface area contributed by atoms with Crippen LogP contribution in [0.25, 0.3) is 0 Å². The number of aliphatic carboxylic acids is 1. The molecule has 1 aliphatic rings. The highest BCUT2D eigenvalue weighted by Crippen LogP contribution is 2.04. The fraction of sp³-hybridized carbons (Fsp3) is 0.846. The Morgan fingerprint density at radius 3 is 2.42 bits per heavy atom. The average molecular weight is 271 g/mol. The fourth-order valence-electron chi connectivity index (χ4n) is 2.24. The molecule has 1 fully saturated rings. The maximum absolute atomic E-state index is 12.0. The summed E-state index contributed by atoms with van der Waals surface area (Å²) in [6, 6.07) is 0.210. The van der Waals surface area contributed by atoms with E-state index in [1.807, 2.05) is 11.8 Å². The molecule has 0 aromatic rings. The number of rotatable bonds is 6. The number of hydrogen-bond acceptors (Lipinski definition) is 3. The number of hydrogen-bond donors (Lipinski definition) is 2. The first-order valence-electron chi connectivity index (χ1n) is 7.02. The average Bonchev–Trinajstić information content (AvgIpc) is 2.37. The van der Waals surface area contributed by atoms with E-state index in [1.54, 1.807) is 0 Å². The lowest BCUT2D eigenvalue weighted by atomic mass is 10.2. The van der Waals surface area contributed by atoms with Gasteiger partial charge < -0.3 is 15.3 Å². The monoisotopic (exact) mass is 271 g/mol. The normalized spacial score (nSPS) is 18.1. The number of carboxylic acid groups (broad SMARTS) is 1. The molecule has 1 unspecified atom stereocenters. The van der Waals surface area contributed by atoms with E-state index in [0.29, 0.717) is 19.6 Å². The van der Waals surface area contributed by atoms with Gasteiger partial charge in [-0.2, -0.15) is 0 Å². The summed E-state index contributed by atoms with van der Waals surface area (Å²) in [4.78, 5) is 26.4. The number of carbonyl (C=O) groups excluding carboxylic acids is 1. The molecule has 0 aliphatic carbocycles. The molecule has 1 heterocycles. The maximum atomic E-state index is 12.0. The number of amides is 2. The lowest BCUT2D eigenvalue weighted by Gasteiger charge is -2.35. The predicted molar refractivity (Wildman–Crippen MR) is 73.2 cm³/mol. The third-order valence-electron chi connectivity index (χ3n) is 3.39. The summed E-state index contributed by atoms with van der Waals surface area (Å²) >= 11 is 0. The van der Waals surface area contributed by atoms with Gasteiger partial charge in [-0.1, -0.05) is 13.3 Å². The van der Waals surface area contributed by atoms with Crippen LogP contribution in [0.15, 0.2) is 0 Å². The molecule has 110 valence electrons. The Kier molecular flexibility index (Phi) is 6.62. The first-order valence-corrected chi connectivity index (χ1v) is 7.02. The standard InChI is InChI=1S/C13H25N3O3/c1-3-4-11(2)14-13(19)16-9-7-15(8-10-16)6-5-12(17)18/h11H,3-10H2,1-2H3,(H,14,19)(H,17,18). The van der Waals surface area contributed by atoms with Gasteiger partial charge in [0.2, 0.25) is 0 Å². The van der Waals surface area contributed by atoms with Crippen molar-refractivity contribution in [3.05, 3.63) is 0 Å². The van der Waals surface area contributed by atoms with Crippen LogP contribution in [0, 0.1) is 0 Å². The molecule has 19 heavy (non-hydrogen) atoms. The largest absolute Gasteiger partial charge is 0.481 e. The van der Waals surface area contributed by atoms with Gasteiger partial charge in [-0.05, 0) is 13.3 Å². The minimum Gasteiger partial charge on any atom is -0.481 e. The van der Waals surface area contributed by atoms with Crippen LogP contribution in [0.1, 0.15) is 33.1 Å². The van der Waals surface area contributed by atoms with E-state index in [4.69, 9.17) is 5.11 Å². The molecule has 1 aliphatic heterocycles. The molecule has 6 heteroatoms. The molecular formula is C13H25N3O3. The Balaban J connectivity index is 2.25. The van der Waals surface area contributed by atoms with E-state index in [0.717, 1.165) is 25.9 Å². The summed E-state index contributed by atoms with van der Waals surface area (Å²) in [6.07, 6.45) is 2.22. The quantitative estimate of drug-likeness (QED) is 0.755. The van der Waals surface area contributed by atoms with Crippen molar-refractivity contribution >= 4 is 12.0 Å². The van der Waals surface area contributed by atoms with Crippen LogP contribution in [-0.2, 0) is 4.79 Å². The molecule has 1 saturated heterocycles. The minimum atomic E-state index is -0.770. The zero-order chi connectivity index (χ0) is 14.3. The smallest absolute Gasteiger partial charge is 0.317 e. The van der Waals surface area contributed by atoms with Gasteiger partial charge in [0.15, 0.2) is 0 Å². The van der Waals surface area contributed by atoms with Gasteiger partial charge in [-0.15, -0.1) is 0 Å². The van der Waals surface area contributed by atoms with Crippen LogP contribution in [0.5, 0.6) is 0 Å². The van der Waals surface area contributed by atoms with Crippen molar-refractivity contribution in [1.82, 2.24) is 15.1 Å². The molecule has 2 amide bonds. The Morgan fingerprint density at radius 1 is 1.26 bits per heavy atom. The van der Waals surface area contributed by atoms with E-state index in [1.165, 1.54) is 0 Å². The first-order chi connectivity index (χ1) is 9.02. The van der Waals surface area contributed by atoms with Crippen molar-refractivity contribution in [1.29, 1.82) is 0 Å². The molecule has 1 atom stereocenters. The molecule has 0 saturated carbocycles. The Labute approximate surface area is 114 Å². The van der Waals surface area contributed by atoms with Gasteiger partial charge in [-0.25, -0.2) is 4.79 Å². The minimum absolute atomic E-state index is 0.00108. The molecule has 0 bridgehead atoms. The first kappa shape index (κ1) is 15.8. The summed E-state index contributed by atoms with van der Waals surface area (Å²) in [5.41, 5.74) is 0. The molecular weight excluding hydrogens is 246 g/mol. The van der Waals surface area contributed by atoms with E-state index in [-0.39, 0.29) is 18.5 Å². The van der Waals surface area contributed by atoms with Crippen molar-refractivity contribution < 1.29 is 14.7 Å². The number of nitrogens with zero attached hydrogens (tertiary/aromatic N) is 2. The topological polar surface area (TPSA) is 72.9 Å². The third kappa shape index (κ3) is 5.92. The number of piperazine rings is 1. The van der Waals surface area contributed by atoms with Gasteiger partial charge >= 0.3 is 12.0 Å². The summed E-state index contributed by atoms with van der Waals surface area (Å²) in [7, 11) is 0. The van der Waals surface area contributed by atoms with Gasteiger partial charge in [0.1, 0.15) is 0 Å². The van der Waals surface area contributed by atoms with E-state index < -0.39 is 5.97 Å². The van der Waals surface area contributed by atoms with E-state index in [9.17, 15) is 9.59 Å². The molecule has 0 radical (unpaired) electrons. The molecule has 0 aromatic heterocycles. The zero-order valence-electron chi connectivity index (χ0n) is 11.9. The van der Waals surface area contributed by atoms with Crippen molar-refractivity contribution in [2.75, 3.05) is 32.7 Å². The van der Waals surface area contributed by atoms with Crippen LogP contribution in [0.4, 0.5) is 4.79 Å². The van der Waals surface area contributed by atoms with Crippen LogP contribution >= 0.6 is 0 Å². The van der Waals surface area contributed by atoms with Crippen LogP contribution in [0.3, 0.4) is 0 Å². The van der Waals surface area contributed by atoms with E-state index in [2.05, 4.69) is 17.1 Å². The highest BCUT2D eigenvalue weighted by Gasteiger charge is 2.21. The summed E-state index contributed by atoms with van der Waals surface area (Å²) < 4.78 is 0. The Morgan fingerprint density at radius 2 is 1.89 bits per heavy atom. The molecule has 6 nitrogen and oxygen atoms in total. The van der Waals surface area contributed by atoms with Crippen LogP contribution in [-0.4, -0.2) is 65.7 Å². The number of carbonyl (C=O) groups is 2. The second-order valence-electron chi connectivity index (χ2n) is 5.11. The second kappa shape index (κ2) is 7.99.